The number of hydrogen-bond donors (Lipinski definition) is 1. The Bertz CT molecular complexity index is 600. The van der Waals surface area contributed by atoms with E-state index < -0.39 is 5.60 Å². The summed E-state index contributed by atoms with van der Waals surface area (Å²) in [4.78, 5) is 4.54. The minimum atomic E-state index is -0.562. The third kappa shape index (κ3) is 3.08. The van der Waals surface area contributed by atoms with E-state index in [4.69, 9.17) is 15.0 Å². The Kier molecular flexibility index (Phi) is 4.05. The number of aromatic nitrogens is 2. The van der Waals surface area contributed by atoms with Crippen molar-refractivity contribution in [2.75, 3.05) is 12.3 Å². The van der Waals surface area contributed by atoms with Crippen molar-refractivity contribution in [3.8, 4) is 0 Å². The van der Waals surface area contributed by atoms with Crippen LogP contribution < -0.4 is 5.73 Å². The molecule has 1 heterocycles. The topological polar surface area (TPSA) is 74.2 Å². The summed E-state index contributed by atoms with van der Waals surface area (Å²) in [6.45, 7) is 10.5. The zero-order chi connectivity index (χ0) is 15.7. The Morgan fingerprint density at radius 3 is 2.33 bits per heavy atom. The highest BCUT2D eigenvalue weighted by molar-refractivity contribution is 5.42. The maximum absolute atomic E-state index is 5.74. The van der Waals surface area contributed by atoms with Crippen LogP contribution in [-0.4, -0.2) is 16.7 Å². The smallest absolute Gasteiger partial charge is 0.236 e. The Hall–Kier alpha value is -1.88. The molecule has 0 saturated heterocycles. The summed E-state index contributed by atoms with van der Waals surface area (Å²) < 4.78 is 11.1. The van der Waals surface area contributed by atoms with Gasteiger partial charge in [0, 0.05) is 12.3 Å². The second kappa shape index (κ2) is 5.48. The highest BCUT2D eigenvalue weighted by Gasteiger charge is 2.33. The maximum atomic E-state index is 5.74. The number of rotatable bonds is 5. The van der Waals surface area contributed by atoms with Gasteiger partial charge < -0.3 is 15.0 Å². The average molecular weight is 289 g/mol. The predicted octanol–water partition coefficient (Wildman–Crippen LogP) is 3.25. The van der Waals surface area contributed by atoms with Crippen LogP contribution in [0.25, 0.3) is 0 Å². The summed E-state index contributed by atoms with van der Waals surface area (Å²) in [5, 5.41) is 4.08. The fourth-order valence-corrected chi connectivity index (χ4v) is 2.17. The van der Waals surface area contributed by atoms with E-state index in [2.05, 4.69) is 10.1 Å². The van der Waals surface area contributed by atoms with E-state index in [9.17, 15) is 0 Å². The number of hydrogen-bond acceptors (Lipinski definition) is 5. The first-order chi connectivity index (χ1) is 9.77. The first-order valence-electron chi connectivity index (χ1n) is 7.12. The van der Waals surface area contributed by atoms with Crippen molar-refractivity contribution in [3.05, 3.63) is 41.5 Å². The van der Waals surface area contributed by atoms with E-state index in [0.717, 1.165) is 11.3 Å². The van der Waals surface area contributed by atoms with Crippen molar-refractivity contribution < 1.29 is 9.26 Å². The van der Waals surface area contributed by atoms with Crippen LogP contribution >= 0.6 is 0 Å². The summed E-state index contributed by atoms with van der Waals surface area (Å²) in [6, 6.07) is 7.71. The van der Waals surface area contributed by atoms with Gasteiger partial charge in [0.25, 0.3) is 0 Å². The number of nitrogens with zero attached hydrogens (tertiary/aromatic N) is 2. The molecule has 1 aromatic carbocycles. The summed E-state index contributed by atoms with van der Waals surface area (Å²) in [6.07, 6.45) is 0. The zero-order valence-corrected chi connectivity index (χ0v) is 13.3. The molecule has 0 spiro atoms. The summed E-state index contributed by atoms with van der Waals surface area (Å²) >= 11 is 0. The molecule has 0 aliphatic carbocycles. The lowest BCUT2D eigenvalue weighted by Crippen LogP contribution is -2.24. The molecule has 114 valence electrons. The molecule has 0 unspecified atom stereocenters. The number of nitrogens with two attached hydrogens (primary N) is 1. The fourth-order valence-electron chi connectivity index (χ4n) is 2.17. The molecule has 1 aromatic heterocycles. The van der Waals surface area contributed by atoms with Crippen molar-refractivity contribution >= 4 is 5.69 Å². The Balaban J connectivity index is 2.33. The lowest BCUT2D eigenvalue weighted by Gasteiger charge is -2.21. The van der Waals surface area contributed by atoms with Crippen molar-refractivity contribution in [3.63, 3.8) is 0 Å². The summed E-state index contributed by atoms with van der Waals surface area (Å²) in [5.41, 5.74) is 6.59. The van der Waals surface area contributed by atoms with E-state index in [1.54, 1.807) is 0 Å². The molecule has 0 atom stereocenters. The van der Waals surface area contributed by atoms with E-state index >= 15 is 0 Å². The first-order valence-corrected chi connectivity index (χ1v) is 7.12. The van der Waals surface area contributed by atoms with E-state index in [0.29, 0.717) is 18.3 Å². The number of ether oxygens (including phenoxy) is 1. The normalized spacial score (nSPS) is 12.6. The predicted molar refractivity (Wildman–Crippen MR) is 81.9 cm³/mol. The van der Waals surface area contributed by atoms with Gasteiger partial charge in [0.1, 0.15) is 5.60 Å². The third-order valence-electron chi connectivity index (χ3n) is 3.64. The molecule has 5 nitrogen and oxygen atoms in total. The van der Waals surface area contributed by atoms with Gasteiger partial charge in [0.05, 0.1) is 5.41 Å². The quantitative estimate of drug-likeness (QED) is 0.855. The van der Waals surface area contributed by atoms with Crippen molar-refractivity contribution in [1.29, 1.82) is 0 Å². The molecule has 0 radical (unpaired) electrons. The van der Waals surface area contributed by atoms with Crippen LogP contribution in [0.1, 0.15) is 51.9 Å². The average Bonchev–Trinajstić information content (AvgIpc) is 2.90. The van der Waals surface area contributed by atoms with Crippen LogP contribution in [-0.2, 0) is 15.8 Å². The second-order valence-electron chi connectivity index (χ2n) is 6.11. The van der Waals surface area contributed by atoms with Gasteiger partial charge in [-0.25, -0.2) is 0 Å². The molecular formula is C16H23N3O2. The summed E-state index contributed by atoms with van der Waals surface area (Å²) in [7, 11) is 0. The van der Waals surface area contributed by atoms with Gasteiger partial charge in [-0.1, -0.05) is 17.3 Å². The van der Waals surface area contributed by atoms with E-state index in [1.165, 1.54) is 0 Å². The Morgan fingerprint density at radius 2 is 1.76 bits per heavy atom. The molecule has 2 aromatic rings. The van der Waals surface area contributed by atoms with Crippen molar-refractivity contribution in [2.24, 2.45) is 0 Å². The van der Waals surface area contributed by atoms with E-state index in [1.807, 2.05) is 58.9 Å². The van der Waals surface area contributed by atoms with Crippen LogP contribution in [0.15, 0.2) is 28.8 Å². The number of nitrogen functional groups attached to an aromatic ring is 1. The van der Waals surface area contributed by atoms with Gasteiger partial charge in [-0.15, -0.1) is 0 Å². The molecule has 0 aliphatic heterocycles. The third-order valence-corrected chi connectivity index (χ3v) is 3.64. The molecule has 2 rings (SSSR count). The molecule has 0 aliphatic rings. The molecule has 0 saturated carbocycles. The highest BCUT2D eigenvalue weighted by atomic mass is 16.5. The van der Waals surface area contributed by atoms with Crippen LogP contribution in [0, 0.1) is 0 Å². The van der Waals surface area contributed by atoms with Gasteiger partial charge in [0.2, 0.25) is 11.7 Å². The molecule has 0 bridgehead atoms. The van der Waals surface area contributed by atoms with Crippen molar-refractivity contribution in [2.45, 2.75) is 45.6 Å². The Morgan fingerprint density at radius 1 is 1.14 bits per heavy atom. The molecule has 5 heteroatoms. The zero-order valence-electron chi connectivity index (χ0n) is 13.3. The number of anilines is 1. The Labute approximate surface area is 125 Å². The lowest BCUT2D eigenvalue weighted by atomic mass is 9.84. The van der Waals surface area contributed by atoms with Gasteiger partial charge in [-0.2, -0.15) is 4.98 Å². The standard InChI is InChI=1S/C16H23N3O2/c1-6-20-16(4,5)13-18-14(21-19-13)15(2,3)11-7-9-12(17)10-8-11/h7-10H,6,17H2,1-5H3. The molecule has 0 fully saturated rings. The minimum absolute atomic E-state index is 0.388. The second-order valence-corrected chi connectivity index (χ2v) is 6.11. The summed E-state index contributed by atoms with van der Waals surface area (Å²) in [5.74, 6) is 1.12. The van der Waals surface area contributed by atoms with Crippen molar-refractivity contribution in [1.82, 2.24) is 10.1 Å². The first kappa shape index (κ1) is 15.5. The van der Waals surface area contributed by atoms with Gasteiger partial charge in [-0.05, 0) is 52.3 Å². The fraction of sp³-hybridized carbons (Fsp3) is 0.500. The molecule has 21 heavy (non-hydrogen) atoms. The van der Waals surface area contributed by atoms with Gasteiger partial charge >= 0.3 is 0 Å². The molecule has 0 amide bonds. The van der Waals surface area contributed by atoms with E-state index in [-0.39, 0.29) is 5.41 Å². The SMILES string of the molecule is CCOC(C)(C)c1noc(C(C)(C)c2ccc(N)cc2)n1. The maximum Gasteiger partial charge on any atom is 0.236 e. The van der Waals surface area contributed by atoms with Crippen LogP contribution in [0.4, 0.5) is 5.69 Å². The monoisotopic (exact) mass is 289 g/mol. The number of benzene rings is 1. The lowest BCUT2D eigenvalue weighted by molar-refractivity contribution is -0.0221. The molecule has 2 N–H and O–H groups in total. The van der Waals surface area contributed by atoms with Gasteiger partial charge in [0.15, 0.2) is 0 Å². The van der Waals surface area contributed by atoms with Gasteiger partial charge in [-0.3, -0.25) is 0 Å². The van der Waals surface area contributed by atoms with Crippen LogP contribution in [0.2, 0.25) is 0 Å². The minimum Gasteiger partial charge on any atom is -0.399 e. The largest absolute Gasteiger partial charge is 0.399 e. The van der Waals surface area contributed by atoms with Crippen LogP contribution in [0.5, 0.6) is 0 Å². The highest BCUT2D eigenvalue weighted by Crippen LogP contribution is 2.32. The van der Waals surface area contributed by atoms with Crippen LogP contribution in [0.3, 0.4) is 0 Å². The molecular weight excluding hydrogens is 266 g/mol.